The number of hydrogen-bond donors (Lipinski definition) is 1. The van der Waals surface area contributed by atoms with Gasteiger partial charge in [-0.15, -0.1) is 0 Å². The molecule has 0 heterocycles. The van der Waals surface area contributed by atoms with Crippen LogP contribution in [0.5, 0.6) is 0 Å². The van der Waals surface area contributed by atoms with Gasteiger partial charge in [0.05, 0.1) is 12.5 Å². The molecule has 1 nitrogen and oxygen atoms in total. The summed E-state index contributed by atoms with van der Waals surface area (Å²) in [6.07, 6.45) is 0.936. The van der Waals surface area contributed by atoms with Crippen molar-refractivity contribution in [2.75, 3.05) is 0 Å². The quantitative estimate of drug-likeness (QED) is 0.573. The van der Waals surface area contributed by atoms with Crippen LogP contribution in [0.1, 0.15) is 34.1 Å². The maximum absolute atomic E-state index is 3.85. The molecule has 0 aromatic carbocycles. The number of hydrogen-bond acceptors (Lipinski definition) is 1. The molecule has 54 valence electrons. The Morgan fingerprint density at radius 3 is 2.00 bits per heavy atom. The minimum atomic E-state index is 0.203. The van der Waals surface area contributed by atoms with E-state index in [1.807, 2.05) is 0 Å². The fourth-order valence-electron chi connectivity index (χ4n) is 0.854. The highest BCUT2D eigenvalue weighted by Gasteiger charge is 2.18. The van der Waals surface area contributed by atoms with Gasteiger partial charge in [-0.2, -0.15) is 0 Å². The molecule has 0 aliphatic carbocycles. The van der Waals surface area contributed by atoms with Gasteiger partial charge < -0.3 is 5.32 Å². The van der Waals surface area contributed by atoms with E-state index in [1.54, 1.807) is 0 Å². The second-order valence-electron chi connectivity index (χ2n) is 3.43. The summed E-state index contributed by atoms with van der Waals surface area (Å²) in [5.41, 5.74) is 0.203. The first-order chi connectivity index (χ1) is 3.98. The predicted octanol–water partition coefficient (Wildman–Crippen LogP) is 1.99. The molecule has 0 rings (SSSR count). The monoisotopic (exact) mass is 128 g/mol. The van der Waals surface area contributed by atoms with E-state index in [2.05, 4.69) is 39.9 Å². The first-order valence-corrected chi connectivity index (χ1v) is 3.55. The van der Waals surface area contributed by atoms with E-state index in [4.69, 9.17) is 0 Å². The molecule has 0 bridgehead atoms. The van der Waals surface area contributed by atoms with Crippen LogP contribution in [0, 0.1) is 6.92 Å². The zero-order valence-electron chi connectivity index (χ0n) is 6.99. The Kier molecular flexibility index (Phi) is 3.06. The zero-order chi connectivity index (χ0) is 7.49. The summed E-state index contributed by atoms with van der Waals surface area (Å²) < 4.78 is 0. The summed E-state index contributed by atoms with van der Waals surface area (Å²) in [6, 6.07) is 0.557. The smallest absolute Gasteiger partial charge is 0.103 e. The Morgan fingerprint density at radius 1 is 1.44 bits per heavy atom. The van der Waals surface area contributed by atoms with Crippen LogP contribution >= 0.6 is 0 Å². The van der Waals surface area contributed by atoms with E-state index >= 15 is 0 Å². The van der Waals surface area contributed by atoms with Crippen molar-refractivity contribution in [2.45, 2.75) is 45.7 Å². The topological polar surface area (TPSA) is 12.0 Å². The summed E-state index contributed by atoms with van der Waals surface area (Å²) in [4.78, 5) is 0. The van der Waals surface area contributed by atoms with Crippen molar-refractivity contribution in [1.29, 1.82) is 0 Å². The summed E-state index contributed by atoms with van der Waals surface area (Å²) in [6.45, 7) is 12.5. The summed E-state index contributed by atoms with van der Waals surface area (Å²) in [5.74, 6) is 0. The maximum atomic E-state index is 3.85. The molecule has 0 fully saturated rings. The Hall–Kier alpha value is -0.170. The number of rotatable bonds is 3. The van der Waals surface area contributed by atoms with Gasteiger partial charge in [-0.25, -0.2) is 0 Å². The lowest BCUT2D eigenvalue weighted by atomic mass is 10.0. The highest BCUT2D eigenvalue weighted by Crippen LogP contribution is 2.06. The van der Waals surface area contributed by atoms with Crippen molar-refractivity contribution >= 4 is 0 Å². The van der Waals surface area contributed by atoms with E-state index < -0.39 is 0 Å². The lowest BCUT2D eigenvalue weighted by Crippen LogP contribution is -2.42. The molecule has 0 saturated heterocycles. The van der Waals surface area contributed by atoms with Crippen molar-refractivity contribution in [3.05, 3.63) is 6.92 Å². The van der Waals surface area contributed by atoms with Gasteiger partial charge in [-0.05, 0) is 13.8 Å². The van der Waals surface area contributed by atoms with Gasteiger partial charge in [0.25, 0.3) is 0 Å². The van der Waals surface area contributed by atoms with Crippen LogP contribution in [0.25, 0.3) is 0 Å². The van der Waals surface area contributed by atoms with E-state index in [0.29, 0.717) is 6.04 Å². The molecule has 0 unspecified atom stereocenters. The molecule has 0 amide bonds. The summed E-state index contributed by atoms with van der Waals surface area (Å²) >= 11 is 0. The maximum Gasteiger partial charge on any atom is 0.103 e. The minimum Gasteiger partial charge on any atom is -0.306 e. The fourth-order valence-corrected chi connectivity index (χ4v) is 0.854. The molecule has 0 atom stereocenters. The van der Waals surface area contributed by atoms with Crippen molar-refractivity contribution in [2.24, 2.45) is 0 Å². The van der Waals surface area contributed by atoms with Gasteiger partial charge in [-0.1, -0.05) is 13.8 Å². The molecular formula is C8H18N+. The van der Waals surface area contributed by atoms with Crippen LogP contribution in [-0.4, -0.2) is 11.6 Å². The van der Waals surface area contributed by atoms with Crippen LogP contribution in [0.4, 0.5) is 0 Å². The van der Waals surface area contributed by atoms with Crippen LogP contribution in [0.15, 0.2) is 0 Å². The lowest BCUT2D eigenvalue weighted by molar-refractivity contribution is 0.357. The Labute approximate surface area is 58.8 Å². The van der Waals surface area contributed by atoms with Gasteiger partial charge in [0.2, 0.25) is 0 Å². The second-order valence-corrected chi connectivity index (χ2v) is 3.43. The molecule has 1 N–H and O–H groups in total. The van der Waals surface area contributed by atoms with Gasteiger partial charge in [0.1, 0.15) is 6.42 Å². The highest BCUT2D eigenvalue weighted by atomic mass is 15.0. The third-order valence-corrected chi connectivity index (χ3v) is 1.30. The Morgan fingerprint density at radius 2 is 1.89 bits per heavy atom. The van der Waals surface area contributed by atoms with Crippen molar-refractivity contribution in [3.63, 3.8) is 0 Å². The van der Waals surface area contributed by atoms with Gasteiger partial charge in [-0.3, -0.25) is 0 Å². The molecule has 0 radical (unpaired) electrons. The first kappa shape index (κ1) is 8.83. The SMILES string of the molecule is [CH2+]CC(C)(C)NC(C)C. The summed E-state index contributed by atoms with van der Waals surface area (Å²) in [7, 11) is 0. The number of nitrogens with one attached hydrogen (secondary N) is 1. The molecular weight excluding hydrogens is 110 g/mol. The fraction of sp³-hybridized carbons (Fsp3) is 0.875. The molecule has 0 spiro atoms. The average Bonchev–Trinajstić information content (AvgIpc) is 1.63. The molecule has 0 aromatic rings. The third kappa shape index (κ3) is 4.34. The van der Waals surface area contributed by atoms with Crippen molar-refractivity contribution in [3.8, 4) is 0 Å². The molecule has 1 heteroatoms. The van der Waals surface area contributed by atoms with Crippen molar-refractivity contribution < 1.29 is 0 Å². The van der Waals surface area contributed by atoms with E-state index in [0.717, 1.165) is 6.42 Å². The van der Waals surface area contributed by atoms with Crippen LogP contribution in [0.3, 0.4) is 0 Å². The molecule has 0 aromatic heterocycles. The molecule has 0 saturated carbocycles. The summed E-state index contributed by atoms with van der Waals surface area (Å²) in [5, 5.41) is 3.41. The Bertz CT molecular complexity index is 74.6. The normalized spacial score (nSPS) is 12.6. The Balaban J connectivity index is 3.58. The highest BCUT2D eigenvalue weighted by molar-refractivity contribution is 4.79. The van der Waals surface area contributed by atoms with Crippen LogP contribution < -0.4 is 5.32 Å². The second kappa shape index (κ2) is 3.11. The zero-order valence-corrected chi connectivity index (χ0v) is 6.99. The molecule has 9 heavy (non-hydrogen) atoms. The minimum absolute atomic E-state index is 0.203. The van der Waals surface area contributed by atoms with Crippen molar-refractivity contribution in [1.82, 2.24) is 5.32 Å². The first-order valence-electron chi connectivity index (χ1n) is 3.55. The van der Waals surface area contributed by atoms with Crippen LogP contribution in [-0.2, 0) is 0 Å². The van der Waals surface area contributed by atoms with E-state index in [9.17, 15) is 0 Å². The largest absolute Gasteiger partial charge is 0.306 e. The molecule has 0 aliphatic heterocycles. The lowest BCUT2D eigenvalue weighted by Gasteiger charge is -2.23. The standard InChI is InChI=1S/C8H18N/c1-6-8(4,5)9-7(2)3/h7,9H,1,6H2,2-5H3/q+1. The van der Waals surface area contributed by atoms with Gasteiger partial charge >= 0.3 is 0 Å². The molecule has 0 aliphatic rings. The average molecular weight is 128 g/mol. The van der Waals surface area contributed by atoms with Gasteiger partial charge in [0.15, 0.2) is 0 Å². The predicted molar refractivity (Wildman–Crippen MR) is 42.3 cm³/mol. The van der Waals surface area contributed by atoms with E-state index in [-0.39, 0.29) is 5.54 Å². The van der Waals surface area contributed by atoms with Gasteiger partial charge in [0, 0.05) is 6.04 Å². The third-order valence-electron chi connectivity index (χ3n) is 1.30. The van der Waals surface area contributed by atoms with E-state index in [1.165, 1.54) is 0 Å². The van der Waals surface area contributed by atoms with Crippen LogP contribution in [0.2, 0.25) is 0 Å².